The molecule has 0 spiro atoms. The van der Waals surface area contributed by atoms with Crippen molar-refractivity contribution in [1.29, 1.82) is 0 Å². The van der Waals surface area contributed by atoms with E-state index in [1.54, 1.807) is 0 Å². The van der Waals surface area contributed by atoms with Gasteiger partial charge in [0.15, 0.2) is 0 Å². The predicted molar refractivity (Wildman–Crippen MR) is 98.7 cm³/mol. The molecular formula is C18H23BrN4O2. The van der Waals surface area contributed by atoms with Crippen LogP contribution in [-0.2, 0) is 11.3 Å². The summed E-state index contributed by atoms with van der Waals surface area (Å²) in [6.45, 7) is 5.21. The van der Waals surface area contributed by atoms with Crippen LogP contribution in [-0.4, -0.2) is 40.6 Å². The molecule has 1 N–H and O–H groups in total. The minimum atomic E-state index is 0.128. The summed E-state index contributed by atoms with van der Waals surface area (Å²) in [4.78, 5) is 18.8. The lowest BCUT2D eigenvalue weighted by Crippen LogP contribution is -2.40. The number of carbonyl (C=O) groups is 1. The Bertz CT molecular complexity index is 711. The average Bonchev–Trinajstić information content (AvgIpc) is 3.09. The highest BCUT2D eigenvalue weighted by Gasteiger charge is 2.25. The number of carbonyl (C=O) groups excluding carboxylic acids is 1. The third-order valence-electron chi connectivity index (χ3n) is 4.42. The number of piperidine rings is 1. The van der Waals surface area contributed by atoms with Crippen LogP contribution in [0.1, 0.15) is 32.1 Å². The fourth-order valence-electron chi connectivity index (χ4n) is 3.00. The van der Waals surface area contributed by atoms with E-state index in [0.717, 1.165) is 48.9 Å². The molecule has 1 aromatic carbocycles. The molecule has 134 valence electrons. The number of hydrogen-bond donors (Lipinski definition) is 1. The van der Waals surface area contributed by atoms with Crippen molar-refractivity contribution in [2.75, 3.05) is 19.6 Å². The predicted octanol–water partition coefficient (Wildman–Crippen LogP) is 3.24. The van der Waals surface area contributed by atoms with Gasteiger partial charge in [-0.25, -0.2) is 0 Å². The van der Waals surface area contributed by atoms with E-state index in [9.17, 15) is 4.79 Å². The van der Waals surface area contributed by atoms with Gasteiger partial charge in [0.1, 0.15) is 0 Å². The third-order valence-corrected chi connectivity index (χ3v) is 4.91. The van der Waals surface area contributed by atoms with E-state index in [4.69, 9.17) is 4.52 Å². The molecule has 1 aliphatic rings. The number of hydrogen-bond acceptors (Lipinski definition) is 5. The molecule has 2 heterocycles. The van der Waals surface area contributed by atoms with Gasteiger partial charge >= 0.3 is 0 Å². The Morgan fingerprint density at radius 2 is 2.20 bits per heavy atom. The van der Waals surface area contributed by atoms with Crippen molar-refractivity contribution in [2.45, 2.75) is 32.7 Å². The second-order valence-electron chi connectivity index (χ2n) is 6.36. The second-order valence-corrected chi connectivity index (χ2v) is 7.28. The largest absolute Gasteiger partial charge is 0.356 e. The molecule has 0 aliphatic carbocycles. The van der Waals surface area contributed by atoms with Crippen molar-refractivity contribution in [3.05, 3.63) is 34.6 Å². The number of amides is 1. The normalized spacial score (nSPS) is 16.1. The van der Waals surface area contributed by atoms with Crippen LogP contribution < -0.4 is 5.32 Å². The molecule has 25 heavy (non-hydrogen) atoms. The summed E-state index contributed by atoms with van der Waals surface area (Å²) in [6.07, 6.45) is 2.73. The molecule has 0 radical (unpaired) electrons. The summed E-state index contributed by atoms with van der Waals surface area (Å²) in [7, 11) is 0. The Morgan fingerprint density at radius 3 is 2.92 bits per heavy atom. The van der Waals surface area contributed by atoms with Gasteiger partial charge in [-0.15, -0.1) is 0 Å². The van der Waals surface area contributed by atoms with Crippen molar-refractivity contribution in [3.63, 3.8) is 0 Å². The van der Waals surface area contributed by atoms with Crippen molar-refractivity contribution < 1.29 is 9.32 Å². The van der Waals surface area contributed by atoms with Crippen LogP contribution in [0.2, 0.25) is 0 Å². The van der Waals surface area contributed by atoms with E-state index in [-0.39, 0.29) is 11.8 Å². The maximum Gasteiger partial charge on any atom is 0.241 e. The molecular weight excluding hydrogens is 384 g/mol. The molecule has 0 unspecified atom stereocenters. The highest BCUT2D eigenvalue weighted by atomic mass is 79.9. The van der Waals surface area contributed by atoms with E-state index in [2.05, 4.69) is 43.2 Å². The zero-order chi connectivity index (χ0) is 17.6. The molecule has 1 aliphatic heterocycles. The van der Waals surface area contributed by atoms with Crippen LogP contribution in [0.4, 0.5) is 0 Å². The van der Waals surface area contributed by atoms with E-state index in [1.165, 1.54) is 0 Å². The lowest BCUT2D eigenvalue weighted by Gasteiger charge is -2.30. The lowest BCUT2D eigenvalue weighted by molar-refractivity contribution is -0.126. The fourth-order valence-corrected chi connectivity index (χ4v) is 3.40. The number of nitrogens with zero attached hydrogens (tertiary/aromatic N) is 3. The van der Waals surface area contributed by atoms with E-state index >= 15 is 0 Å². The van der Waals surface area contributed by atoms with E-state index in [1.807, 2.05) is 24.3 Å². The smallest absolute Gasteiger partial charge is 0.241 e. The SMILES string of the molecule is CCCNC(=O)C1CCN(Cc2nc(-c3cccc(Br)c3)no2)CC1. The Labute approximate surface area is 156 Å². The fraction of sp³-hybridized carbons (Fsp3) is 0.500. The lowest BCUT2D eigenvalue weighted by atomic mass is 9.96. The van der Waals surface area contributed by atoms with Gasteiger partial charge in [0.2, 0.25) is 17.6 Å². The van der Waals surface area contributed by atoms with Crippen molar-refractivity contribution in [2.24, 2.45) is 5.92 Å². The number of benzene rings is 1. The van der Waals surface area contributed by atoms with E-state index < -0.39 is 0 Å². The van der Waals surface area contributed by atoms with Crippen LogP contribution in [0.5, 0.6) is 0 Å². The van der Waals surface area contributed by atoms with Gasteiger partial charge < -0.3 is 9.84 Å². The molecule has 1 amide bonds. The highest BCUT2D eigenvalue weighted by Crippen LogP contribution is 2.22. The quantitative estimate of drug-likeness (QED) is 0.796. The van der Waals surface area contributed by atoms with Crippen molar-refractivity contribution in [1.82, 2.24) is 20.4 Å². The summed E-state index contributed by atoms with van der Waals surface area (Å²) in [5.41, 5.74) is 0.927. The molecule has 6 nitrogen and oxygen atoms in total. The number of likely N-dealkylation sites (tertiary alicyclic amines) is 1. The topological polar surface area (TPSA) is 71.3 Å². The first kappa shape index (κ1) is 18.1. The van der Waals surface area contributed by atoms with Crippen LogP contribution in [0.15, 0.2) is 33.3 Å². The van der Waals surface area contributed by atoms with Crippen LogP contribution in [0.25, 0.3) is 11.4 Å². The van der Waals surface area contributed by atoms with Crippen LogP contribution in [0, 0.1) is 5.92 Å². The van der Waals surface area contributed by atoms with Gasteiger partial charge in [-0.2, -0.15) is 4.98 Å². The van der Waals surface area contributed by atoms with Crippen molar-refractivity contribution in [3.8, 4) is 11.4 Å². The van der Waals surface area contributed by atoms with Gasteiger partial charge in [0.25, 0.3) is 0 Å². The maximum absolute atomic E-state index is 12.0. The molecule has 3 rings (SSSR count). The molecule has 0 bridgehead atoms. The second kappa shape index (κ2) is 8.58. The minimum Gasteiger partial charge on any atom is -0.356 e. The zero-order valence-electron chi connectivity index (χ0n) is 14.4. The average molecular weight is 407 g/mol. The first-order chi connectivity index (χ1) is 12.2. The summed E-state index contributed by atoms with van der Waals surface area (Å²) >= 11 is 3.45. The van der Waals surface area contributed by atoms with Gasteiger partial charge in [0, 0.05) is 22.5 Å². The Kier molecular flexibility index (Phi) is 6.20. The summed E-state index contributed by atoms with van der Waals surface area (Å²) in [6, 6.07) is 7.84. The zero-order valence-corrected chi connectivity index (χ0v) is 16.0. The molecule has 1 saturated heterocycles. The number of nitrogens with one attached hydrogen (secondary N) is 1. The molecule has 0 atom stereocenters. The Balaban J connectivity index is 1.52. The Morgan fingerprint density at radius 1 is 1.40 bits per heavy atom. The van der Waals surface area contributed by atoms with Crippen molar-refractivity contribution >= 4 is 21.8 Å². The molecule has 1 aromatic heterocycles. The number of halogens is 1. The summed E-state index contributed by atoms with van der Waals surface area (Å²) < 4.78 is 6.38. The third kappa shape index (κ3) is 4.89. The first-order valence-corrected chi connectivity index (χ1v) is 9.53. The maximum atomic E-state index is 12.0. The summed E-state index contributed by atoms with van der Waals surface area (Å²) in [5, 5.41) is 7.06. The van der Waals surface area contributed by atoms with E-state index in [0.29, 0.717) is 18.3 Å². The summed E-state index contributed by atoms with van der Waals surface area (Å²) in [5.74, 6) is 1.54. The number of aromatic nitrogens is 2. The van der Waals surface area contributed by atoms with Gasteiger partial charge in [0.05, 0.1) is 6.54 Å². The molecule has 7 heteroatoms. The van der Waals surface area contributed by atoms with Crippen LogP contribution >= 0.6 is 15.9 Å². The molecule has 1 fully saturated rings. The minimum absolute atomic E-state index is 0.128. The molecule has 0 saturated carbocycles. The van der Waals surface area contributed by atoms with Gasteiger partial charge in [-0.3, -0.25) is 9.69 Å². The standard InChI is InChI=1S/C18H23BrN4O2/c1-2-8-20-18(24)13-6-9-23(10-7-13)12-16-21-17(22-25-16)14-4-3-5-15(19)11-14/h3-5,11,13H,2,6-10,12H2,1H3,(H,20,24). The monoisotopic (exact) mass is 406 g/mol. The van der Waals surface area contributed by atoms with Crippen LogP contribution in [0.3, 0.4) is 0 Å². The van der Waals surface area contributed by atoms with Gasteiger partial charge in [-0.1, -0.05) is 40.1 Å². The van der Waals surface area contributed by atoms with Gasteiger partial charge in [-0.05, 0) is 44.5 Å². The highest BCUT2D eigenvalue weighted by molar-refractivity contribution is 9.10. The molecule has 2 aromatic rings. The number of rotatable bonds is 6. The first-order valence-electron chi connectivity index (χ1n) is 8.74. The Hall–Kier alpha value is -1.73.